The molecular weight excluding hydrogens is 315 g/mol. The summed E-state index contributed by atoms with van der Waals surface area (Å²) >= 11 is 0. The van der Waals surface area contributed by atoms with Crippen molar-refractivity contribution in [1.29, 1.82) is 5.26 Å². The van der Waals surface area contributed by atoms with Crippen molar-refractivity contribution in [1.82, 2.24) is 9.97 Å². The first-order valence-electron chi connectivity index (χ1n) is 8.64. The van der Waals surface area contributed by atoms with Gasteiger partial charge >= 0.3 is 0 Å². The quantitative estimate of drug-likeness (QED) is 0.858. The summed E-state index contributed by atoms with van der Waals surface area (Å²) in [6, 6.07) is 4.10. The second kappa shape index (κ2) is 6.53. The summed E-state index contributed by atoms with van der Waals surface area (Å²) in [5, 5.41) is 10.5. The zero-order chi connectivity index (χ0) is 18.2. The highest BCUT2D eigenvalue weighted by atomic mass is 16.5. The number of aromatic amines is 1. The van der Waals surface area contributed by atoms with Gasteiger partial charge in [0.2, 0.25) is 0 Å². The van der Waals surface area contributed by atoms with Crippen LogP contribution >= 0.6 is 0 Å². The molecule has 1 aliphatic rings. The number of fused-ring (bicyclic) bond motifs is 1. The molecule has 0 amide bonds. The Morgan fingerprint density at radius 1 is 1.48 bits per heavy atom. The number of nitriles is 1. The van der Waals surface area contributed by atoms with Crippen LogP contribution in [-0.4, -0.2) is 43.6 Å². The van der Waals surface area contributed by atoms with E-state index in [-0.39, 0.29) is 22.5 Å². The maximum absolute atomic E-state index is 12.4. The Kier molecular flexibility index (Phi) is 4.57. The van der Waals surface area contributed by atoms with Crippen LogP contribution in [0.4, 0.5) is 5.69 Å². The lowest BCUT2D eigenvalue weighted by atomic mass is 9.85. The topological polar surface area (TPSA) is 82.0 Å². The molecule has 1 aliphatic heterocycles. The number of hydrogen-bond donors (Lipinski definition) is 1. The summed E-state index contributed by atoms with van der Waals surface area (Å²) in [5.74, 6) is 0.271. The summed E-state index contributed by atoms with van der Waals surface area (Å²) in [6.45, 7) is 5.68. The maximum atomic E-state index is 12.4. The molecule has 3 heterocycles. The van der Waals surface area contributed by atoms with Crippen LogP contribution in [-0.2, 0) is 4.74 Å². The van der Waals surface area contributed by atoms with Crippen LogP contribution in [0, 0.1) is 11.3 Å². The summed E-state index contributed by atoms with van der Waals surface area (Å²) in [6.07, 6.45) is 3.40. The number of rotatable bonds is 3. The van der Waals surface area contributed by atoms with Gasteiger partial charge in [-0.2, -0.15) is 5.26 Å². The van der Waals surface area contributed by atoms with Crippen LogP contribution in [0.1, 0.15) is 43.8 Å². The van der Waals surface area contributed by atoms with Crippen molar-refractivity contribution in [2.45, 2.75) is 38.1 Å². The Morgan fingerprint density at radius 2 is 2.16 bits per heavy atom. The van der Waals surface area contributed by atoms with Gasteiger partial charge in [-0.25, -0.2) is 0 Å². The summed E-state index contributed by atoms with van der Waals surface area (Å²) in [4.78, 5) is 21.7. The number of nitrogens with one attached hydrogen (secondary N) is 1. The lowest BCUT2D eigenvalue weighted by molar-refractivity contribution is -0.0132. The van der Waals surface area contributed by atoms with Crippen LogP contribution in [0.3, 0.4) is 0 Å². The van der Waals surface area contributed by atoms with Crippen molar-refractivity contribution in [2.75, 3.05) is 25.1 Å². The first-order valence-corrected chi connectivity index (χ1v) is 8.64. The van der Waals surface area contributed by atoms with Crippen molar-refractivity contribution >= 4 is 24.4 Å². The Balaban J connectivity index is 2.16. The fraction of sp³-hybridized carbons (Fsp3) is 0.500. The molecule has 0 aromatic carbocycles. The first-order chi connectivity index (χ1) is 11.9. The van der Waals surface area contributed by atoms with E-state index in [4.69, 9.17) is 4.74 Å². The molecule has 0 aliphatic carbocycles. The Morgan fingerprint density at radius 3 is 2.72 bits per heavy atom. The first kappa shape index (κ1) is 17.5. The molecule has 1 atom stereocenters. The smallest absolute Gasteiger partial charge is 0.268 e. The number of ether oxygens (including phenoxy) is 1. The molecule has 6 nitrogen and oxygen atoms in total. The van der Waals surface area contributed by atoms with E-state index in [1.54, 1.807) is 13.3 Å². The standard InChI is InChI=1S/C18H23BN4O2/c1-11(19)14-8-12-15(10-21-14)22-17(24)13(9-20)16(12)23-6-4-18(2,25-3)5-7-23/h8,10-11H,4-7,19H2,1-3H3,(H,22,24). The number of piperidine rings is 1. The monoisotopic (exact) mass is 338 g/mol. The van der Waals surface area contributed by atoms with Crippen molar-refractivity contribution in [3.63, 3.8) is 0 Å². The molecule has 2 aromatic heterocycles. The highest BCUT2D eigenvalue weighted by molar-refractivity contribution is 6.12. The average molecular weight is 338 g/mol. The zero-order valence-corrected chi connectivity index (χ0v) is 15.2. The SMILES string of the molecule is BC(C)c1cc2c(N3CCC(C)(OC)CC3)c(C#N)c(=O)[nH]c2cn1. The number of H-pyrrole nitrogens is 1. The molecule has 3 rings (SSSR count). The van der Waals surface area contributed by atoms with Gasteiger partial charge < -0.3 is 14.6 Å². The van der Waals surface area contributed by atoms with E-state index in [1.165, 1.54) is 0 Å². The van der Waals surface area contributed by atoms with Crippen molar-refractivity contribution in [3.05, 3.63) is 33.9 Å². The minimum atomic E-state index is -0.357. The third kappa shape index (κ3) is 3.14. The molecule has 2 aromatic rings. The van der Waals surface area contributed by atoms with Gasteiger partial charge in [-0.1, -0.05) is 6.92 Å². The van der Waals surface area contributed by atoms with Crippen LogP contribution < -0.4 is 10.5 Å². The molecule has 1 unspecified atom stereocenters. The Hall–Kier alpha value is -2.33. The van der Waals surface area contributed by atoms with E-state index in [9.17, 15) is 10.1 Å². The molecule has 1 N–H and O–H groups in total. The Labute approximate surface area is 148 Å². The molecule has 25 heavy (non-hydrogen) atoms. The highest BCUT2D eigenvalue weighted by Gasteiger charge is 2.32. The molecule has 0 spiro atoms. The fourth-order valence-corrected chi connectivity index (χ4v) is 3.35. The van der Waals surface area contributed by atoms with Gasteiger partial charge in [-0.05, 0) is 31.6 Å². The van der Waals surface area contributed by atoms with Crippen LogP contribution in [0.5, 0.6) is 0 Å². The number of hydrogen-bond acceptors (Lipinski definition) is 5. The largest absolute Gasteiger partial charge is 0.378 e. The maximum Gasteiger partial charge on any atom is 0.268 e. The molecule has 0 saturated carbocycles. The molecule has 0 bridgehead atoms. The number of anilines is 1. The molecular formula is C18H23BN4O2. The van der Waals surface area contributed by atoms with E-state index in [0.717, 1.165) is 42.7 Å². The third-order valence-electron chi connectivity index (χ3n) is 5.23. The zero-order valence-electron chi connectivity index (χ0n) is 15.2. The van der Waals surface area contributed by atoms with Gasteiger partial charge in [0.15, 0.2) is 0 Å². The predicted molar refractivity (Wildman–Crippen MR) is 101 cm³/mol. The molecule has 7 heteroatoms. The average Bonchev–Trinajstić information content (AvgIpc) is 2.61. The van der Waals surface area contributed by atoms with E-state index < -0.39 is 0 Å². The number of methoxy groups -OCH3 is 1. The molecule has 1 saturated heterocycles. The lowest BCUT2D eigenvalue weighted by Crippen LogP contribution is -2.44. The summed E-state index contributed by atoms with van der Waals surface area (Å²) in [5.41, 5.74) is 2.01. The molecule has 0 radical (unpaired) electrons. The van der Waals surface area contributed by atoms with Gasteiger partial charge in [-0.3, -0.25) is 9.78 Å². The predicted octanol–water partition coefficient (Wildman–Crippen LogP) is 1.49. The van der Waals surface area contributed by atoms with E-state index in [2.05, 4.69) is 42.6 Å². The lowest BCUT2D eigenvalue weighted by Gasteiger charge is -2.40. The van der Waals surface area contributed by atoms with Gasteiger partial charge in [0.1, 0.15) is 19.5 Å². The van der Waals surface area contributed by atoms with Crippen molar-refractivity contribution in [2.24, 2.45) is 0 Å². The van der Waals surface area contributed by atoms with Crippen molar-refractivity contribution < 1.29 is 4.74 Å². The minimum Gasteiger partial charge on any atom is -0.378 e. The van der Waals surface area contributed by atoms with Crippen LogP contribution in [0.2, 0.25) is 0 Å². The second-order valence-corrected chi connectivity index (χ2v) is 7.24. The highest BCUT2D eigenvalue weighted by Crippen LogP contribution is 2.33. The fourth-order valence-electron chi connectivity index (χ4n) is 3.35. The van der Waals surface area contributed by atoms with Gasteiger partial charge in [0, 0.05) is 31.3 Å². The summed E-state index contributed by atoms with van der Waals surface area (Å²) in [7, 11) is 3.81. The number of pyridine rings is 2. The van der Waals surface area contributed by atoms with E-state index >= 15 is 0 Å². The van der Waals surface area contributed by atoms with Crippen LogP contribution in [0.25, 0.3) is 10.9 Å². The second-order valence-electron chi connectivity index (χ2n) is 7.24. The van der Waals surface area contributed by atoms with Crippen molar-refractivity contribution in [3.8, 4) is 6.07 Å². The van der Waals surface area contributed by atoms with Gasteiger partial charge in [-0.15, -0.1) is 0 Å². The molecule has 130 valence electrons. The van der Waals surface area contributed by atoms with Crippen LogP contribution in [0.15, 0.2) is 17.1 Å². The van der Waals surface area contributed by atoms with Gasteiger partial charge in [0.25, 0.3) is 5.56 Å². The van der Waals surface area contributed by atoms with E-state index in [0.29, 0.717) is 5.52 Å². The number of aromatic nitrogens is 2. The number of nitrogens with zero attached hydrogens (tertiary/aromatic N) is 3. The van der Waals surface area contributed by atoms with Gasteiger partial charge in [0.05, 0.1) is 23.0 Å². The van der Waals surface area contributed by atoms with E-state index in [1.807, 2.05) is 6.07 Å². The normalized spacial score (nSPS) is 18.1. The third-order valence-corrected chi connectivity index (χ3v) is 5.23. The Bertz CT molecular complexity index is 892. The minimum absolute atomic E-state index is 0.148. The molecule has 1 fully saturated rings. The summed E-state index contributed by atoms with van der Waals surface area (Å²) < 4.78 is 5.61.